The summed E-state index contributed by atoms with van der Waals surface area (Å²) in [6.07, 6.45) is 1.30. The number of carbonyl (C=O) groups is 1. The van der Waals surface area contributed by atoms with E-state index in [1.165, 1.54) is 16.7 Å². The van der Waals surface area contributed by atoms with Crippen LogP contribution in [0.25, 0.3) is 0 Å². The standard InChI is InChI=1S/C17H22N2O/c1-6-14-9-16(19(5)18-14)17(20)10-15-12(3)7-11(2)8-13(15)4/h7-9H,6,10H2,1-5H3. The molecule has 1 aromatic carbocycles. The molecular formula is C17H22N2O. The normalized spacial score (nSPS) is 10.8. The number of hydrogen-bond acceptors (Lipinski definition) is 2. The van der Waals surface area contributed by atoms with Gasteiger partial charge in [0.25, 0.3) is 0 Å². The molecule has 0 atom stereocenters. The highest BCUT2D eigenvalue weighted by Crippen LogP contribution is 2.19. The van der Waals surface area contributed by atoms with E-state index in [1.807, 2.05) is 20.0 Å². The molecule has 20 heavy (non-hydrogen) atoms. The number of rotatable bonds is 4. The van der Waals surface area contributed by atoms with E-state index in [1.54, 1.807) is 4.68 Å². The first-order chi connectivity index (χ1) is 9.42. The van der Waals surface area contributed by atoms with Crippen molar-refractivity contribution in [3.8, 4) is 0 Å². The van der Waals surface area contributed by atoms with E-state index in [0.717, 1.165) is 17.7 Å². The number of ketones is 1. The second kappa shape index (κ2) is 5.61. The Morgan fingerprint density at radius 3 is 2.25 bits per heavy atom. The molecule has 0 N–H and O–H groups in total. The highest BCUT2D eigenvalue weighted by Gasteiger charge is 2.15. The first-order valence-corrected chi connectivity index (χ1v) is 7.05. The molecule has 3 nitrogen and oxygen atoms in total. The Kier molecular flexibility index (Phi) is 4.07. The second-order valence-corrected chi connectivity index (χ2v) is 5.48. The zero-order valence-corrected chi connectivity index (χ0v) is 12.9. The van der Waals surface area contributed by atoms with Crippen LogP contribution < -0.4 is 0 Å². The molecule has 0 amide bonds. The quantitative estimate of drug-likeness (QED) is 0.799. The molecule has 0 saturated heterocycles. The molecule has 0 aliphatic heterocycles. The lowest BCUT2D eigenvalue weighted by atomic mass is 9.95. The smallest absolute Gasteiger partial charge is 0.185 e. The van der Waals surface area contributed by atoms with Crippen LogP contribution >= 0.6 is 0 Å². The molecule has 2 rings (SSSR count). The number of hydrogen-bond donors (Lipinski definition) is 0. The van der Waals surface area contributed by atoms with E-state index in [2.05, 4.69) is 38.0 Å². The van der Waals surface area contributed by atoms with Gasteiger partial charge in [0.05, 0.1) is 5.69 Å². The van der Waals surface area contributed by atoms with Gasteiger partial charge in [0.15, 0.2) is 5.78 Å². The predicted molar refractivity (Wildman–Crippen MR) is 81.3 cm³/mol. The number of aromatic nitrogens is 2. The summed E-state index contributed by atoms with van der Waals surface area (Å²) in [4.78, 5) is 12.5. The maximum atomic E-state index is 12.5. The third-order valence-electron chi connectivity index (χ3n) is 3.76. The van der Waals surface area contributed by atoms with Crippen LogP contribution in [-0.2, 0) is 19.9 Å². The van der Waals surface area contributed by atoms with Crippen LogP contribution in [-0.4, -0.2) is 15.6 Å². The first kappa shape index (κ1) is 14.5. The van der Waals surface area contributed by atoms with Gasteiger partial charge < -0.3 is 0 Å². The molecule has 2 aromatic rings. The second-order valence-electron chi connectivity index (χ2n) is 5.48. The average Bonchev–Trinajstić information content (AvgIpc) is 2.75. The maximum Gasteiger partial charge on any atom is 0.185 e. The van der Waals surface area contributed by atoms with E-state index in [-0.39, 0.29) is 5.78 Å². The highest BCUT2D eigenvalue weighted by atomic mass is 16.1. The minimum absolute atomic E-state index is 0.134. The summed E-state index contributed by atoms with van der Waals surface area (Å²) in [7, 11) is 1.83. The monoisotopic (exact) mass is 270 g/mol. The Labute approximate surface area is 120 Å². The third kappa shape index (κ3) is 2.82. The minimum atomic E-state index is 0.134. The van der Waals surface area contributed by atoms with Crippen LogP contribution in [0.3, 0.4) is 0 Å². The Balaban J connectivity index is 2.30. The summed E-state index contributed by atoms with van der Waals surface area (Å²) >= 11 is 0. The van der Waals surface area contributed by atoms with Gasteiger partial charge in [0.2, 0.25) is 0 Å². The van der Waals surface area contributed by atoms with Crippen molar-refractivity contribution in [3.05, 3.63) is 51.8 Å². The number of aryl methyl sites for hydroxylation is 5. The van der Waals surface area contributed by atoms with Crippen molar-refractivity contribution in [3.63, 3.8) is 0 Å². The zero-order chi connectivity index (χ0) is 14.9. The third-order valence-corrected chi connectivity index (χ3v) is 3.76. The van der Waals surface area contributed by atoms with Crippen molar-refractivity contribution in [1.29, 1.82) is 0 Å². The van der Waals surface area contributed by atoms with Gasteiger partial charge in [-0.1, -0.05) is 24.6 Å². The highest BCUT2D eigenvalue weighted by molar-refractivity contribution is 5.96. The molecule has 0 aliphatic carbocycles. The van der Waals surface area contributed by atoms with E-state index in [4.69, 9.17) is 0 Å². The van der Waals surface area contributed by atoms with Gasteiger partial charge in [-0.3, -0.25) is 9.48 Å². The molecule has 0 bridgehead atoms. The van der Waals surface area contributed by atoms with Gasteiger partial charge in [-0.25, -0.2) is 0 Å². The average molecular weight is 270 g/mol. The summed E-state index contributed by atoms with van der Waals surface area (Å²) in [5, 5.41) is 4.35. The van der Waals surface area contributed by atoms with Gasteiger partial charge in [-0.05, 0) is 49.9 Å². The molecule has 0 radical (unpaired) electrons. The molecule has 0 spiro atoms. The van der Waals surface area contributed by atoms with Gasteiger partial charge in [0.1, 0.15) is 5.69 Å². The lowest BCUT2D eigenvalue weighted by molar-refractivity contribution is 0.0983. The number of benzene rings is 1. The Hall–Kier alpha value is -1.90. The predicted octanol–water partition coefficient (Wildman–Crippen LogP) is 3.33. The first-order valence-electron chi connectivity index (χ1n) is 7.05. The fraction of sp³-hybridized carbons (Fsp3) is 0.412. The summed E-state index contributed by atoms with van der Waals surface area (Å²) in [5.41, 5.74) is 6.42. The van der Waals surface area contributed by atoms with Crippen molar-refractivity contribution >= 4 is 5.78 Å². The summed E-state index contributed by atoms with van der Waals surface area (Å²) in [6, 6.07) is 6.17. The van der Waals surface area contributed by atoms with E-state index >= 15 is 0 Å². The summed E-state index contributed by atoms with van der Waals surface area (Å²) in [5.74, 6) is 0.134. The lowest BCUT2D eigenvalue weighted by Crippen LogP contribution is -2.11. The van der Waals surface area contributed by atoms with Crippen LogP contribution in [0.4, 0.5) is 0 Å². The topological polar surface area (TPSA) is 34.9 Å². The van der Waals surface area contributed by atoms with Gasteiger partial charge in [-0.15, -0.1) is 0 Å². The molecule has 0 fully saturated rings. The maximum absolute atomic E-state index is 12.5. The largest absolute Gasteiger partial charge is 0.292 e. The SMILES string of the molecule is CCc1cc(C(=O)Cc2c(C)cc(C)cc2C)n(C)n1. The van der Waals surface area contributed by atoms with E-state index in [0.29, 0.717) is 12.1 Å². The van der Waals surface area contributed by atoms with Crippen molar-refractivity contribution < 1.29 is 4.79 Å². The van der Waals surface area contributed by atoms with Crippen LogP contribution in [0.5, 0.6) is 0 Å². The number of carbonyl (C=O) groups excluding carboxylic acids is 1. The van der Waals surface area contributed by atoms with Crippen molar-refractivity contribution in [2.45, 2.75) is 40.5 Å². The van der Waals surface area contributed by atoms with Gasteiger partial charge >= 0.3 is 0 Å². The molecule has 3 heteroatoms. The van der Waals surface area contributed by atoms with E-state index < -0.39 is 0 Å². The van der Waals surface area contributed by atoms with Crippen LogP contribution in [0.15, 0.2) is 18.2 Å². The summed E-state index contributed by atoms with van der Waals surface area (Å²) in [6.45, 7) is 8.28. The Morgan fingerprint density at radius 2 is 1.75 bits per heavy atom. The molecule has 106 valence electrons. The molecule has 1 aromatic heterocycles. The molecule has 0 aliphatic rings. The van der Waals surface area contributed by atoms with Crippen molar-refractivity contribution in [1.82, 2.24) is 9.78 Å². The van der Waals surface area contributed by atoms with E-state index in [9.17, 15) is 4.79 Å². The van der Waals surface area contributed by atoms with Crippen molar-refractivity contribution in [2.75, 3.05) is 0 Å². The fourth-order valence-corrected chi connectivity index (χ4v) is 2.70. The zero-order valence-electron chi connectivity index (χ0n) is 12.9. The van der Waals surface area contributed by atoms with Gasteiger partial charge in [0, 0.05) is 13.5 Å². The van der Waals surface area contributed by atoms with Crippen molar-refractivity contribution in [2.24, 2.45) is 7.05 Å². The minimum Gasteiger partial charge on any atom is -0.292 e. The molecule has 0 saturated carbocycles. The number of Topliss-reactive ketones (excluding diaryl/α,β-unsaturated/α-hetero) is 1. The fourth-order valence-electron chi connectivity index (χ4n) is 2.70. The summed E-state index contributed by atoms with van der Waals surface area (Å²) < 4.78 is 1.69. The number of nitrogens with zero attached hydrogens (tertiary/aromatic N) is 2. The Bertz CT molecular complexity index is 630. The molecule has 1 heterocycles. The molecular weight excluding hydrogens is 248 g/mol. The lowest BCUT2D eigenvalue weighted by Gasteiger charge is -2.10. The van der Waals surface area contributed by atoms with Crippen LogP contribution in [0, 0.1) is 20.8 Å². The van der Waals surface area contributed by atoms with Gasteiger partial charge in [-0.2, -0.15) is 5.10 Å². The van der Waals surface area contributed by atoms with Crippen LogP contribution in [0.1, 0.15) is 45.4 Å². The van der Waals surface area contributed by atoms with Crippen LogP contribution in [0.2, 0.25) is 0 Å². The molecule has 0 unspecified atom stereocenters. The Morgan fingerprint density at radius 1 is 1.15 bits per heavy atom.